The Morgan fingerprint density at radius 2 is 1.87 bits per heavy atom. The standard InChI is InChI=1S/C18H24N4O/c1-14(2)11-20-18(19)21-12-15-6-8-16(9-7-15)13-22-10-4-3-5-17(22)23/h3-10,14H,11-13H2,1-2H3,(H3,19,20,21). The molecule has 0 saturated carbocycles. The lowest BCUT2D eigenvalue weighted by Gasteiger charge is -2.08. The number of guanidine groups is 1. The summed E-state index contributed by atoms with van der Waals surface area (Å²) in [6.45, 7) is 6.18. The number of hydrogen-bond acceptors (Lipinski definition) is 2. The van der Waals surface area contributed by atoms with Crippen molar-refractivity contribution < 1.29 is 0 Å². The quantitative estimate of drug-likeness (QED) is 0.632. The van der Waals surface area contributed by atoms with Crippen LogP contribution >= 0.6 is 0 Å². The van der Waals surface area contributed by atoms with Gasteiger partial charge in [-0.2, -0.15) is 0 Å². The molecule has 1 aromatic carbocycles. The summed E-state index contributed by atoms with van der Waals surface area (Å²) in [5.74, 6) is 1.00. The zero-order valence-corrected chi connectivity index (χ0v) is 13.7. The van der Waals surface area contributed by atoms with Crippen LogP contribution in [-0.2, 0) is 13.1 Å². The van der Waals surface area contributed by atoms with Gasteiger partial charge in [-0.25, -0.2) is 4.99 Å². The highest BCUT2D eigenvalue weighted by atomic mass is 16.1. The maximum Gasteiger partial charge on any atom is 0.250 e. The number of nitrogens with zero attached hydrogens (tertiary/aromatic N) is 2. The summed E-state index contributed by atoms with van der Waals surface area (Å²) >= 11 is 0. The van der Waals surface area contributed by atoms with Gasteiger partial charge in [0.2, 0.25) is 0 Å². The molecule has 0 spiro atoms. The van der Waals surface area contributed by atoms with Crippen LogP contribution in [-0.4, -0.2) is 17.1 Å². The van der Waals surface area contributed by atoms with E-state index in [2.05, 4.69) is 24.2 Å². The van der Waals surface area contributed by atoms with E-state index >= 15 is 0 Å². The third-order valence-electron chi connectivity index (χ3n) is 3.40. The number of benzene rings is 1. The van der Waals surface area contributed by atoms with Gasteiger partial charge in [0.05, 0.1) is 13.1 Å². The number of rotatable bonds is 6. The summed E-state index contributed by atoms with van der Waals surface area (Å²) in [6, 6.07) is 13.2. The van der Waals surface area contributed by atoms with E-state index in [4.69, 9.17) is 5.73 Å². The van der Waals surface area contributed by atoms with Gasteiger partial charge in [0, 0.05) is 18.8 Å². The number of aromatic nitrogens is 1. The molecule has 0 unspecified atom stereocenters. The Bertz CT molecular complexity index is 701. The lowest BCUT2D eigenvalue weighted by Crippen LogP contribution is -2.34. The van der Waals surface area contributed by atoms with E-state index in [1.807, 2.05) is 30.3 Å². The fourth-order valence-corrected chi connectivity index (χ4v) is 2.08. The predicted octanol–water partition coefficient (Wildman–Crippen LogP) is 1.96. The van der Waals surface area contributed by atoms with Gasteiger partial charge in [-0.15, -0.1) is 0 Å². The summed E-state index contributed by atoms with van der Waals surface area (Å²) in [6.07, 6.45) is 1.79. The Hall–Kier alpha value is -2.56. The molecular weight excluding hydrogens is 288 g/mol. The van der Waals surface area contributed by atoms with Crippen molar-refractivity contribution in [2.75, 3.05) is 6.54 Å². The Balaban J connectivity index is 1.93. The molecular formula is C18H24N4O. The Morgan fingerprint density at radius 3 is 2.52 bits per heavy atom. The van der Waals surface area contributed by atoms with Gasteiger partial charge in [-0.1, -0.05) is 44.2 Å². The smallest absolute Gasteiger partial charge is 0.250 e. The fourth-order valence-electron chi connectivity index (χ4n) is 2.08. The third kappa shape index (κ3) is 5.62. The average molecular weight is 312 g/mol. The minimum atomic E-state index is 0.00479. The van der Waals surface area contributed by atoms with Gasteiger partial charge >= 0.3 is 0 Å². The van der Waals surface area contributed by atoms with Crippen molar-refractivity contribution in [1.29, 1.82) is 0 Å². The first-order valence-electron chi connectivity index (χ1n) is 7.81. The van der Waals surface area contributed by atoms with Crippen molar-refractivity contribution in [1.82, 2.24) is 9.88 Å². The Kier molecular flexibility index (Phi) is 5.97. The van der Waals surface area contributed by atoms with E-state index in [-0.39, 0.29) is 5.56 Å². The molecule has 0 aliphatic carbocycles. The second kappa shape index (κ2) is 8.17. The summed E-state index contributed by atoms with van der Waals surface area (Å²) in [7, 11) is 0. The van der Waals surface area contributed by atoms with E-state index < -0.39 is 0 Å². The molecule has 1 aromatic heterocycles. The van der Waals surface area contributed by atoms with E-state index in [0.717, 1.165) is 17.7 Å². The summed E-state index contributed by atoms with van der Waals surface area (Å²) in [5.41, 5.74) is 7.99. The van der Waals surface area contributed by atoms with Crippen molar-refractivity contribution in [2.45, 2.75) is 26.9 Å². The molecule has 0 aliphatic heterocycles. The van der Waals surface area contributed by atoms with E-state index in [9.17, 15) is 4.79 Å². The molecule has 23 heavy (non-hydrogen) atoms. The molecule has 0 aliphatic rings. The SMILES string of the molecule is CC(C)CNC(N)=NCc1ccc(Cn2ccccc2=O)cc1. The number of nitrogens with one attached hydrogen (secondary N) is 1. The molecule has 1 heterocycles. The number of pyridine rings is 1. The maximum atomic E-state index is 11.7. The zero-order valence-electron chi connectivity index (χ0n) is 13.7. The molecule has 5 nitrogen and oxygen atoms in total. The normalized spacial score (nSPS) is 11.7. The van der Waals surface area contributed by atoms with Crippen LogP contribution in [0.2, 0.25) is 0 Å². The van der Waals surface area contributed by atoms with Crippen LogP contribution < -0.4 is 16.6 Å². The Labute approximate surface area is 136 Å². The van der Waals surface area contributed by atoms with E-state index in [1.54, 1.807) is 22.9 Å². The minimum absolute atomic E-state index is 0.00479. The van der Waals surface area contributed by atoms with Crippen LogP contribution in [0.5, 0.6) is 0 Å². The molecule has 5 heteroatoms. The first-order chi connectivity index (χ1) is 11.0. The molecule has 0 fully saturated rings. The highest BCUT2D eigenvalue weighted by Crippen LogP contribution is 2.07. The molecule has 0 radical (unpaired) electrons. The van der Waals surface area contributed by atoms with Crippen molar-refractivity contribution in [3.05, 3.63) is 70.1 Å². The van der Waals surface area contributed by atoms with Gasteiger partial charge in [0.15, 0.2) is 5.96 Å². The third-order valence-corrected chi connectivity index (χ3v) is 3.40. The number of nitrogens with two attached hydrogens (primary N) is 1. The minimum Gasteiger partial charge on any atom is -0.370 e. The van der Waals surface area contributed by atoms with Gasteiger partial charge in [-0.3, -0.25) is 4.79 Å². The average Bonchev–Trinajstić information content (AvgIpc) is 2.54. The molecule has 3 N–H and O–H groups in total. The molecule has 122 valence electrons. The highest BCUT2D eigenvalue weighted by Gasteiger charge is 1.99. The zero-order chi connectivity index (χ0) is 16.7. The molecule has 0 atom stereocenters. The fraction of sp³-hybridized carbons (Fsp3) is 0.333. The highest BCUT2D eigenvalue weighted by molar-refractivity contribution is 5.77. The van der Waals surface area contributed by atoms with E-state index in [0.29, 0.717) is 25.0 Å². The van der Waals surface area contributed by atoms with Crippen molar-refractivity contribution >= 4 is 5.96 Å². The van der Waals surface area contributed by atoms with Crippen molar-refractivity contribution in [2.24, 2.45) is 16.6 Å². The lowest BCUT2D eigenvalue weighted by atomic mass is 10.1. The van der Waals surface area contributed by atoms with Crippen LogP contribution in [0, 0.1) is 5.92 Å². The monoisotopic (exact) mass is 312 g/mol. The van der Waals surface area contributed by atoms with Crippen LogP contribution in [0.25, 0.3) is 0 Å². The van der Waals surface area contributed by atoms with Crippen LogP contribution in [0.1, 0.15) is 25.0 Å². The second-order valence-corrected chi connectivity index (χ2v) is 5.96. The van der Waals surface area contributed by atoms with Gasteiger partial charge in [0.1, 0.15) is 0 Å². The molecule has 0 bridgehead atoms. The van der Waals surface area contributed by atoms with Gasteiger partial charge in [0.25, 0.3) is 5.56 Å². The lowest BCUT2D eigenvalue weighted by molar-refractivity contribution is 0.622. The second-order valence-electron chi connectivity index (χ2n) is 5.96. The first kappa shape index (κ1) is 16.8. The van der Waals surface area contributed by atoms with Crippen LogP contribution in [0.15, 0.2) is 58.4 Å². The topological polar surface area (TPSA) is 72.4 Å². The van der Waals surface area contributed by atoms with Crippen LogP contribution in [0.4, 0.5) is 0 Å². The largest absolute Gasteiger partial charge is 0.370 e. The molecule has 2 rings (SSSR count). The summed E-state index contributed by atoms with van der Waals surface area (Å²) in [5, 5.41) is 3.09. The van der Waals surface area contributed by atoms with Crippen molar-refractivity contribution in [3.63, 3.8) is 0 Å². The van der Waals surface area contributed by atoms with Crippen LogP contribution in [0.3, 0.4) is 0 Å². The summed E-state index contributed by atoms with van der Waals surface area (Å²) < 4.78 is 1.68. The van der Waals surface area contributed by atoms with Gasteiger partial charge < -0.3 is 15.6 Å². The predicted molar refractivity (Wildman–Crippen MR) is 94.4 cm³/mol. The summed E-state index contributed by atoms with van der Waals surface area (Å²) in [4.78, 5) is 16.0. The first-order valence-corrected chi connectivity index (χ1v) is 7.81. The van der Waals surface area contributed by atoms with Gasteiger partial charge in [-0.05, 0) is 23.1 Å². The Morgan fingerprint density at radius 1 is 1.17 bits per heavy atom. The van der Waals surface area contributed by atoms with Crippen molar-refractivity contribution in [3.8, 4) is 0 Å². The maximum absolute atomic E-state index is 11.7. The number of hydrogen-bond donors (Lipinski definition) is 2. The van der Waals surface area contributed by atoms with E-state index in [1.165, 1.54) is 0 Å². The molecule has 0 amide bonds. The molecule has 0 saturated heterocycles. The number of aliphatic imine (C=N–C) groups is 1. The molecule has 2 aromatic rings.